The number of nitrogens with one attached hydrogen (secondary N) is 1. The largest absolute Gasteiger partial charge is 0.394 e. The highest BCUT2D eigenvalue weighted by atomic mass is 16.8. The molecule has 3 aliphatic heterocycles. The second-order valence-electron chi connectivity index (χ2n) is 27.4. The molecule has 17 atom stereocenters. The third-order valence-electron chi connectivity index (χ3n) is 18.9. The Balaban J connectivity index is 1.41. The van der Waals surface area contributed by atoms with Crippen LogP contribution < -0.4 is 5.32 Å². The number of hydrogen-bond donors (Lipinski definition) is 12. The molecule has 0 bridgehead atoms. The third-order valence-corrected chi connectivity index (χ3v) is 18.9. The van der Waals surface area contributed by atoms with Gasteiger partial charge < -0.3 is 89.9 Å². The van der Waals surface area contributed by atoms with E-state index in [1.165, 1.54) is 135 Å². The van der Waals surface area contributed by atoms with Gasteiger partial charge in [0.05, 0.1) is 38.6 Å². The van der Waals surface area contributed by atoms with Crippen molar-refractivity contribution in [3.05, 3.63) is 97.2 Å². The first-order chi connectivity index (χ1) is 48.3. The molecule has 1 amide bonds. The minimum absolute atomic E-state index is 0.231. The van der Waals surface area contributed by atoms with Crippen LogP contribution in [0.4, 0.5) is 0 Å². The van der Waals surface area contributed by atoms with Crippen molar-refractivity contribution in [2.75, 3.05) is 26.4 Å². The maximum atomic E-state index is 13.5. The zero-order valence-electron chi connectivity index (χ0n) is 60.9. The lowest BCUT2D eigenvalue weighted by Gasteiger charge is -2.48. The van der Waals surface area contributed by atoms with Gasteiger partial charge in [-0.05, 0) is 77.0 Å². The molecule has 19 nitrogen and oxygen atoms in total. The first kappa shape index (κ1) is 89.9. The first-order valence-electron chi connectivity index (χ1n) is 39.0. The summed E-state index contributed by atoms with van der Waals surface area (Å²) in [4.78, 5) is 13.5. The highest BCUT2D eigenvalue weighted by Gasteiger charge is 2.54. The lowest BCUT2D eigenvalue weighted by molar-refractivity contribution is -0.379. The lowest BCUT2D eigenvalue weighted by Crippen LogP contribution is -2.66. The predicted octanol–water partition coefficient (Wildman–Crippen LogP) is 12.4. The molecule has 3 heterocycles. The SMILES string of the molecule is CC/C=C\C/C=C\C/C=C\C/C=C\C/C=C\C/C=C\C/C=C\C/C=C\CCCCCCC(=O)NC(COC1OC(CO)C(OC2OC(CO)C(OC3OC(CO)C(O)C(O)C3O)C(O)C2O)C(O)C1O)C(O)CCCCCCCCCCCCCCCCCCCCCCCCCCC. The van der Waals surface area contributed by atoms with E-state index >= 15 is 0 Å². The summed E-state index contributed by atoms with van der Waals surface area (Å²) in [6, 6.07) is -0.910. The normalized spacial score (nSPS) is 27.1. The summed E-state index contributed by atoms with van der Waals surface area (Å²) in [7, 11) is 0. The zero-order valence-corrected chi connectivity index (χ0v) is 60.9. The Bertz CT molecular complexity index is 2170. The van der Waals surface area contributed by atoms with Crippen molar-refractivity contribution in [3.63, 3.8) is 0 Å². The molecular weight excluding hydrogens is 1260 g/mol. The molecule has 99 heavy (non-hydrogen) atoms. The number of aliphatic hydroxyl groups excluding tert-OH is 11. The van der Waals surface area contributed by atoms with Crippen molar-refractivity contribution in [1.29, 1.82) is 0 Å². The quantitative estimate of drug-likeness (QED) is 0.0199. The fourth-order valence-electron chi connectivity index (χ4n) is 12.7. The molecule has 0 saturated carbocycles. The molecular formula is C80H139NO18. The number of aliphatic hydroxyl groups is 11. The van der Waals surface area contributed by atoms with Gasteiger partial charge in [0.15, 0.2) is 18.9 Å². The van der Waals surface area contributed by atoms with Crippen LogP contribution in [0.25, 0.3) is 0 Å². The monoisotopic (exact) mass is 1400 g/mol. The van der Waals surface area contributed by atoms with Crippen molar-refractivity contribution in [2.45, 2.75) is 375 Å². The van der Waals surface area contributed by atoms with Gasteiger partial charge in [-0.25, -0.2) is 0 Å². The molecule has 17 unspecified atom stereocenters. The molecule has 572 valence electrons. The van der Waals surface area contributed by atoms with Gasteiger partial charge in [0.1, 0.15) is 73.2 Å². The van der Waals surface area contributed by atoms with Crippen molar-refractivity contribution < 1.29 is 89.4 Å². The molecule has 19 heteroatoms. The molecule has 0 aromatic carbocycles. The summed E-state index contributed by atoms with van der Waals surface area (Å²) in [5.41, 5.74) is 0. The van der Waals surface area contributed by atoms with Gasteiger partial charge in [-0.15, -0.1) is 0 Å². The van der Waals surface area contributed by atoms with Crippen LogP contribution in [-0.2, 0) is 33.2 Å². The van der Waals surface area contributed by atoms with Crippen molar-refractivity contribution in [1.82, 2.24) is 5.32 Å². The summed E-state index contributed by atoms with van der Waals surface area (Å²) < 4.78 is 34.5. The lowest BCUT2D eigenvalue weighted by atomic mass is 9.96. The molecule has 0 aromatic heterocycles. The summed E-state index contributed by atoms with van der Waals surface area (Å²) in [6.07, 6.45) is 53.3. The van der Waals surface area contributed by atoms with Gasteiger partial charge in [0, 0.05) is 6.42 Å². The summed E-state index contributed by atoms with van der Waals surface area (Å²) in [5, 5.41) is 121. The average molecular weight is 1400 g/mol. The highest BCUT2D eigenvalue weighted by Crippen LogP contribution is 2.33. The molecule has 0 aliphatic carbocycles. The molecule has 0 radical (unpaired) electrons. The predicted molar refractivity (Wildman–Crippen MR) is 392 cm³/mol. The number of allylic oxidation sites excluding steroid dienone is 16. The number of ether oxygens (including phenoxy) is 6. The molecule has 3 fully saturated rings. The molecule has 3 rings (SSSR count). The Morgan fingerprint density at radius 2 is 0.697 bits per heavy atom. The van der Waals surface area contributed by atoms with E-state index < -0.39 is 124 Å². The number of carbonyl (C=O) groups is 1. The van der Waals surface area contributed by atoms with Crippen LogP contribution in [-0.4, -0.2) is 193 Å². The van der Waals surface area contributed by atoms with E-state index in [2.05, 4.69) is 116 Å². The molecule has 0 aromatic rings. The molecule has 0 spiro atoms. The van der Waals surface area contributed by atoms with Crippen LogP contribution >= 0.6 is 0 Å². The Morgan fingerprint density at radius 1 is 0.374 bits per heavy atom. The van der Waals surface area contributed by atoms with Crippen LogP contribution in [0.3, 0.4) is 0 Å². The van der Waals surface area contributed by atoms with E-state index in [4.69, 9.17) is 28.4 Å². The number of amides is 1. The van der Waals surface area contributed by atoms with Crippen molar-refractivity contribution >= 4 is 5.91 Å². The van der Waals surface area contributed by atoms with Crippen LogP contribution in [0.15, 0.2) is 97.2 Å². The van der Waals surface area contributed by atoms with E-state index in [1.54, 1.807) is 0 Å². The Morgan fingerprint density at radius 3 is 1.09 bits per heavy atom. The minimum Gasteiger partial charge on any atom is -0.394 e. The summed E-state index contributed by atoms with van der Waals surface area (Å²) in [5.74, 6) is -0.268. The van der Waals surface area contributed by atoms with Crippen molar-refractivity contribution in [3.8, 4) is 0 Å². The first-order valence-corrected chi connectivity index (χ1v) is 39.0. The fourth-order valence-corrected chi connectivity index (χ4v) is 12.7. The van der Waals surface area contributed by atoms with Gasteiger partial charge in [0.25, 0.3) is 0 Å². The summed E-state index contributed by atoms with van der Waals surface area (Å²) >= 11 is 0. The maximum absolute atomic E-state index is 13.5. The molecule has 12 N–H and O–H groups in total. The van der Waals surface area contributed by atoms with Gasteiger partial charge in [0.2, 0.25) is 5.91 Å². The van der Waals surface area contributed by atoms with Gasteiger partial charge in [-0.1, -0.05) is 284 Å². The maximum Gasteiger partial charge on any atom is 0.220 e. The van der Waals surface area contributed by atoms with E-state index in [0.717, 1.165) is 103 Å². The topological polar surface area (TPSA) is 307 Å². The Hall–Kier alpha value is -3.29. The zero-order chi connectivity index (χ0) is 71.8. The third kappa shape index (κ3) is 40.5. The number of carbonyl (C=O) groups excluding carboxylic acids is 1. The van der Waals surface area contributed by atoms with Crippen LogP contribution in [0.5, 0.6) is 0 Å². The molecule has 3 aliphatic rings. The van der Waals surface area contributed by atoms with E-state index in [-0.39, 0.29) is 18.9 Å². The number of hydrogen-bond acceptors (Lipinski definition) is 18. The Labute approximate surface area is 596 Å². The van der Waals surface area contributed by atoms with E-state index in [1.807, 2.05) is 0 Å². The van der Waals surface area contributed by atoms with Gasteiger partial charge in [-0.3, -0.25) is 4.79 Å². The van der Waals surface area contributed by atoms with Crippen LogP contribution in [0.2, 0.25) is 0 Å². The van der Waals surface area contributed by atoms with Crippen LogP contribution in [0.1, 0.15) is 271 Å². The minimum atomic E-state index is -1.98. The van der Waals surface area contributed by atoms with Gasteiger partial charge in [-0.2, -0.15) is 0 Å². The van der Waals surface area contributed by atoms with Gasteiger partial charge >= 0.3 is 0 Å². The number of rotatable bonds is 60. The van der Waals surface area contributed by atoms with E-state index in [9.17, 15) is 61.0 Å². The molecule has 3 saturated heterocycles. The van der Waals surface area contributed by atoms with Crippen molar-refractivity contribution in [2.24, 2.45) is 0 Å². The smallest absolute Gasteiger partial charge is 0.220 e. The fraction of sp³-hybridized carbons (Fsp3) is 0.787. The second kappa shape index (κ2) is 60.0. The summed E-state index contributed by atoms with van der Waals surface area (Å²) in [6.45, 7) is 1.69. The number of unbranched alkanes of at least 4 members (excludes halogenated alkanes) is 28. The highest BCUT2D eigenvalue weighted by molar-refractivity contribution is 5.76. The standard InChI is InChI=1S/C80H139NO18/c1-3-5-7-9-11-13-15-17-19-21-23-25-27-29-30-31-32-34-36-38-40-42-44-46-48-50-52-54-56-58-68(86)81-63(64(85)57-55-53-51-49-47-45-43-41-39-37-35-33-28-26-24-22-20-18-16-14-12-10-8-6-4-2)62-94-78-74(92)71(89)76(66(60-83)96-78)99-80-75(93)72(90)77(67(61-84)97-80)98-79-73(91)70(88)69(87)65(59-82)95-79/h5,7,11,13,17,19,23,25,29-30,32,34,38,40,44,46,63-67,69-80,82-85,87-93H,3-4,6,8-10,12,14-16,18,20-22,24,26-28,31,33,35-37,39,41-43,45,47-62H2,1-2H3,(H,81,86)/b7-5-,13-11-,19-17-,25-23-,30-29-,34-32-,40-38-,46-44-. The average Bonchev–Trinajstić information content (AvgIpc) is 0.785. The van der Waals surface area contributed by atoms with Crippen LogP contribution in [0, 0.1) is 0 Å². The Kier molecular flexibility index (Phi) is 54.5. The van der Waals surface area contributed by atoms with E-state index in [0.29, 0.717) is 12.8 Å². The second-order valence-corrected chi connectivity index (χ2v) is 27.4.